The summed E-state index contributed by atoms with van der Waals surface area (Å²) in [5, 5.41) is 49.1. The molecule has 0 aromatic carbocycles. The molecule has 5 unspecified atom stereocenters. The lowest BCUT2D eigenvalue weighted by Crippen LogP contribution is -2.57. The largest absolute Gasteiger partial charge is 0.387 e. The first-order valence-corrected chi connectivity index (χ1v) is 7.59. The Kier molecular flexibility index (Phi) is 6.02. The Morgan fingerprint density at radius 3 is 1.81 bits per heavy atom. The van der Waals surface area contributed by atoms with E-state index in [4.69, 9.17) is 0 Å². The molecule has 0 aromatic rings. The average Bonchev–Trinajstić information content (AvgIpc) is 3.13. The Morgan fingerprint density at radius 2 is 1.33 bits per heavy atom. The Balaban J connectivity index is 2.00. The van der Waals surface area contributed by atoms with E-state index in [0.29, 0.717) is 0 Å². The molecule has 2 aliphatic heterocycles. The maximum Gasteiger partial charge on any atom is 0.364 e. The van der Waals surface area contributed by atoms with Gasteiger partial charge in [-0.1, -0.05) is 0 Å². The lowest BCUT2D eigenvalue weighted by Gasteiger charge is -2.31. The quantitative estimate of drug-likeness (QED) is 0.262. The summed E-state index contributed by atoms with van der Waals surface area (Å²) in [6.45, 7) is 0. The van der Waals surface area contributed by atoms with Gasteiger partial charge in [-0.2, -0.15) is 0 Å². The molecule has 0 bridgehead atoms. The molecule has 4 amide bonds. The lowest BCUT2D eigenvalue weighted by atomic mass is 10.0. The highest BCUT2D eigenvalue weighted by atomic mass is 16.7. The van der Waals surface area contributed by atoms with Gasteiger partial charge in [0.25, 0.3) is 23.6 Å². The number of amides is 4. The number of hydrogen-bond donors (Lipinski definition) is 5. The van der Waals surface area contributed by atoms with Gasteiger partial charge in [-0.15, -0.1) is 5.06 Å². The number of imide groups is 2. The van der Waals surface area contributed by atoms with Crippen molar-refractivity contribution < 1.29 is 54.3 Å². The van der Waals surface area contributed by atoms with Gasteiger partial charge in [0, 0.05) is 25.0 Å². The molecule has 5 atom stereocenters. The molecule has 0 aromatic heterocycles. The maximum absolute atomic E-state index is 11.7. The van der Waals surface area contributed by atoms with Crippen LogP contribution in [0, 0.1) is 0 Å². The van der Waals surface area contributed by atoms with Crippen molar-refractivity contribution >= 4 is 29.6 Å². The van der Waals surface area contributed by atoms with Crippen molar-refractivity contribution in [3.63, 3.8) is 0 Å². The summed E-state index contributed by atoms with van der Waals surface area (Å²) in [6.07, 6.45) is -10.9. The molecule has 13 heteroatoms. The van der Waals surface area contributed by atoms with E-state index in [1.807, 2.05) is 0 Å². The SMILES string of the molecule is O=C(ON1C(=O)CCC1=O)C(O)C(O)C(O)C(O)C(O)N1C(=O)C=CC1=O. The van der Waals surface area contributed by atoms with Gasteiger partial charge in [-0.25, -0.2) is 9.69 Å². The maximum atomic E-state index is 11.7. The van der Waals surface area contributed by atoms with Gasteiger partial charge in [0.15, 0.2) is 12.3 Å². The molecule has 0 saturated carbocycles. The minimum Gasteiger partial charge on any atom is -0.387 e. The van der Waals surface area contributed by atoms with Gasteiger partial charge in [0.2, 0.25) is 0 Å². The second kappa shape index (κ2) is 7.89. The predicted molar refractivity (Wildman–Crippen MR) is 78.2 cm³/mol. The monoisotopic (exact) mass is 388 g/mol. The van der Waals surface area contributed by atoms with Crippen LogP contribution in [0.2, 0.25) is 0 Å². The molecular weight excluding hydrogens is 372 g/mol. The lowest BCUT2D eigenvalue weighted by molar-refractivity contribution is -0.213. The molecule has 0 radical (unpaired) electrons. The van der Waals surface area contributed by atoms with Crippen molar-refractivity contribution in [3.05, 3.63) is 12.2 Å². The number of aliphatic hydroxyl groups is 5. The minimum atomic E-state index is -2.54. The standard InChI is InChI=1S/C14H16N2O11/c17-5-1-2-6(18)15(5)13(25)11(23)9(21)10(22)12(24)14(26)27-16-7(19)3-4-8(16)20/h1-2,9-13,21-25H,3-4H2. The minimum absolute atomic E-state index is 0.0865. The molecular formula is C14H16N2O11. The predicted octanol–water partition coefficient (Wildman–Crippen LogP) is -4.72. The third-order valence-electron chi connectivity index (χ3n) is 3.87. The van der Waals surface area contributed by atoms with E-state index in [1.54, 1.807) is 0 Å². The van der Waals surface area contributed by atoms with Gasteiger partial charge in [0.1, 0.15) is 18.3 Å². The van der Waals surface area contributed by atoms with Crippen molar-refractivity contribution in [2.45, 2.75) is 43.5 Å². The molecule has 5 N–H and O–H groups in total. The van der Waals surface area contributed by atoms with Crippen LogP contribution in [0.15, 0.2) is 12.2 Å². The highest BCUT2D eigenvalue weighted by Crippen LogP contribution is 2.17. The number of hydroxylamine groups is 2. The van der Waals surface area contributed by atoms with E-state index in [9.17, 15) is 49.5 Å². The van der Waals surface area contributed by atoms with Crippen molar-refractivity contribution in [2.75, 3.05) is 0 Å². The number of hydrogen-bond acceptors (Lipinski definition) is 11. The summed E-state index contributed by atoms with van der Waals surface area (Å²) in [7, 11) is 0. The van der Waals surface area contributed by atoms with E-state index in [-0.39, 0.29) is 22.8 Å². The molecule has 148 valence electrons. The fourth-order valence-corrected chi connectivity index (χ4v) is 2.33. The molecule has 1 saturated heterocycles. The number of carbonyl (C=O) groups excluding carboxylic acids is 5. The summed E-state index contributed by atoms with van der Waals surface area (Å²) >= 11 is 0. The molecule has 2 heterocycles. The van der Waals surface area contributed by atoms with Gasteiger partial charge in [0.05, 0.1) is 0 Å². The van der Waals surface area contributed by atoms with Crippen LogP contribution in [-0.4, -0.2) is 95.7 Å². The van der Waals surface area contributed by atoms with Crippen LogP contribution in [0.25, 0.3) is 0 Å². The average molecular weight is 388 g/mol. The zero-order valence-electron chi connectivity index (χ0n) is 13.5. The molecule has 0 aliphatic carbocycles. The third-order valence-corrected chi connectivity index (χ3v) is 3.87. The van der Waals surface area contributed by atoms with Crippen LogP contribution < -0.4 is 0 Å². The Hall–Kier alpha value is -2.71. The highest BCUT2D eigenvalue weighted by molar-refractivity contribution is 6.13. The smallest absolute Gasteiger partial charge is 0.364 e. The van der Waals surface area contributed by atoms with Crippen LogP contribution in [0.5, 0.6) is 0 Å². The fourth-order valence-electron chi connectivity index (χ4n) is 2.33. The number of carbonyl (C=O) groups is 5. The van der Waals surface area contributed by atoms with Crippen molar-refractivity contribution in [1.29, 1.82) is 0 Å². The first-order chi connectivity index (χ1) is 12.6. The zero-order valence-corrected chi connectivity index (χ0v) is 13.5. The number of nitrogens with zero attached hydrogens (tertiary/aromatic N) is 2. The van der Waals surface area contributed by atoms with Gasteiger partial charge < -0.3 is 30.4 Å². The topological polar surface area (TPSA) is 202 Å². The normalized spacial score (nSPS) is 22.9. The Labute approximate surface area is 150 Å². The molecule has 1 fully saturated rings. The third kappa shape index (κ3) is 4.01. The van der Waals surface area contributed by atoms with Crippen molar-refractivity contribution in [1.82, 2.24) is 9.96 Å². The molecule has 27 heavy (non-hydrogen) atoms. The zero-order chi connectivity index (χ0) is 20.5. The van der Waals surface area contributed by atoms with Crippen LogP contribution in [-0.2, 0) is 28.8 Å². The number of aliphatic hydroxyl groups excluding tert-OH is 5. The molecule has 2 aliphatic rings. The summed E-state index contributed by atoms with van der Waals surface area (Å²) in [5.74, 6) is -5.41. The highest BCUT2D eigenvalue weighted by Gasteiger charge is 2.44. The second-order valence-corrected chi connectivity index (χ2v) is 5.70. The molecule has 13 nitrogen and oxygen atoms in total. The van der Waals surface area contributed by atoms with Gasteiger partial charge in [-0.3, -0.25) is 19.2 Å². The van der Waals surface area contributed by atoms with Crippen molar-refractivity contribution in [3.8, 4) is 0 Å². The van der Waals surface area contributed by atoms with E-state index in [1.165, 1.54) is 0 Å². The first-order valence-electron chi connectivity index (χ1n) is 7.59. The van der Waals surface area contributed by atoms with E-state index in [2.05, 4.69) is 4.84 Å². The van der Waals surface area contributed by atoms with Crippen molar-refractivity contribution in [2.24, 2.45) is 0 Å². The van der Waals surface area contributed by atoms with Crippen LogP contribution in [0.3, 0.4) is 0 Å². The van der Waals surface area contributed by atoms with Gasteiger partial charge in [-0.05, 0) is 0 Å². The Bertz CT molecular complexity index is 671. The summed E-state index contributed by atoms with van der Waals surface area (Å²) in [4.78, 5) is 61.8. The summed E-state index contributed by atoms with van der Waals surface area (Å²) < 4.78 is 0. The Morgan fingerprint density at radius 1 is 0.852 bits per heavy atom. The van der Waals surface area contributed by atoms with Crippen LogP contribution in [0.1, 0.15) is 12.8 Å². The molecule has 2 rings (SSSR count). The number of rotatable bonds is 7. The van der Waals surface area contributed by atoms with E-state index >= 15 is 0 Å². The first kappa shape index (κ1) is 20.6. The van der Waals surface area contributed by atoms with Crippen LogP contribution >= 0.6 is 0 Å². The summed E-state index contributed by atoms with van der Waals surface area (Å²) in [6, 6.07) is 0. The fraction of sp³-hybridized carbons (Fsp3) is 0.500. The second-order valence-electron chi connectivity index (χ2n) is 5.70. The molecule has 0 spiro atoms. The van der Waals surface area contributed by atoms with Crippen LogP contribution in [0.4, 0.5) is 0 Å². The van der Waals surface area contributed by atoms with Gasteiger partial charge >= 0.3 is 5.97 Å². The van der Waals surface area contributed by atoms with E-state index in [0.717, 1.165) is 12.2 Å². The van der Waals surface area contributed by atoms with E-state index < -0.39 is 60.2 Å². The summed E-state index contributed by atoms with van der Waals surface area (Å²) in [5.41, 5.74) is 0.